The van der Waals surface area contributed by atoms with Gasteiger partial charge in [-0.15, -0.1) is 0 Å². The highest BCUT2D eigenvalue weighted by Gasteiger charge is 2.14. The number of hydrogen-bond donors (Lipinski definition) is 3. The number of ether oxygens (including phenoxy) is 2. The summed E-state index contributed by atoms with van der Waals surface area (Å²) >= 11 is 0. The SMILES string of the molecule is COc1cc(NC(N)=O)ccc1C1=CNCO1. The molecule has 0 radical (unpaired) electrons. The molecule has 1 aliphatic heterocycles. The number of methoxy groups -OCH3 is 1. The van der Waals surface area contributed by atoms with Crippen LogP contribution in [-0.4, -0.2) is 19.9 Å². The van der Waals surface area contributed by atoms with Gasteiger partial charge in [0.2, 0.25) is 0 Å². The number of carbonyl (C=O) groups excluding carboxylic acids is 1. The summed E-state index contributed by atoms with van der Waals surface area (Å²) < 4.78 is 10.6. The lowest BCUT2D eigenvalue weighted by Gasteiger charge is -2.11. The van der Waals surface area contributed by atoms with Crippen molar-refractivity contribution >= 4 is 17.5 Å². The lowest BCUT2D eigenvalue weighted by molar-refractivity contribution is 0.259. The van der Waals surface area contributed by atoms with Crippen molar-refractivity contribution < 1.29 is 14.3 Å². The third-order valence-corrected chi connectivity index (χ3v) is 2.28. The van der Waals surface area contributed by atoms with Crippen molar-refractivity contribution in [3.05, 3.63) is 30.0 Å². The van der Waals surface area contributed by atoms with E-state index in [-0.39, 0.29) is 0 Å². The van der Waals surface area contributed by atoms with Crippen LogP contribution in [0.25, 0.3) is 5.76 Å². The zero-order valence-corrected chi connectivity index (χ0v) is 9.32. The van der Waals surface area contributed by atoms with Crippen molar-refractivity contribution in [2.24, 2.45) is 5.73 Å². The summed E-state index contributed by atoms with van der Waals surface area (Å²) in [6.45, 7) is 0.444. The summed E-state index contributed by atoms with van der Waals surface area (Å²) in [5, 5.41) is 5.42. The quantitative estimate of drug-likeness (QED) is 0.731. The molecule has 1 aromatic rings. The Morgan fingerprint density at radius 1 is 1.59 bits per heavy atom. The van der Waals surface area contributed by atoms with Gasteiger partial charge in [-0.3, -0.25) is 0 Å². The summed E-state index contributed by atoms with van der Waals surface area (Å²) in [4.78, 5) is 10.7. The van der Waals surface area contributed by atoms with E-state index in [2.05, 4.69) is 10.6 Å². The average molecular weight is 235 g/mol. The van der Waals surface area contributed by atoms with Crippen LogP contribution in [0, 0.1) is 0 Å². The molecular weight excluding hydrogens is 222 g/mol. The van der Waals surface area contributed by atoms with E-state index in [1.807, 2.05) is 0 Å². The minimum Gasteiger partial charge on any atom is -0.496 e. The second-order valence-corrected chi connectivity index (χ2v) is 3.41. The third-order valence-electron chi connectivity index (χ3n) is 2.28. The van der Waals surface area contributed by atoms with Gasteiger partial charge in [0.1, 0.15) is 11.5 Å². The van der Waals surface area contributed by atoms with Crippen molar-refractivity contribution in [3.8, 4) is 5.75 Å². The number of amides is 2. The largest absolute Gasteiger partial charge is 0.496 e. The molecule has 0 saturated heterocycles. The van der Waals surface area contributed by atoms with Gasteiger partial charge in [-0.25, -0.2) is 4.79 Å². The van der Waals surface area contributed by atoms with Gasteiger partial charge < -0.3 is 25.8 Å². The molecule has 0 bridgehead atoms. The fourth-order valence-corrected chi connectivity index (χ4v) is 1.57. The van der Waals surface area contributed by atoms with Gasteiger partial charge >= 0.3 is 6.03 Å². The number of anilines is 1. The molecule has 1 heterocycles. The van der Waals surface area contributed by atoms with Crippen LogP contribution in [0.4, 0.5) is 10.5 Å². The van der Waals surface area contributed by atoms with Crippen LogP contribution in [0.3, 0.4) is 0 Å². The first kappa shape index (κ1) is 11.1. The molecule has 0 unspecified atom stereocenters. The molecule has 0 atom stereocenters. The summed E-state index contributed by atoms with van der Waals surface area (Å²) in [7, 11) is 1.55. The predicted molar refractivity (Wildman–Crippen MR) is 63.3 cm³/mol. The molecule has 6 heteroatoms. The Bertz CT molecular complexity index is 471. The Balaban J connectivity index is 2.31. The molecule has 90 valence electrons. The van der Waals surface area contributed by atoms with E-state index in [9.17, 15) is 4.79 Å². The number of nitrogens with two attached hydrogens (primary N) is 1. The van der Waals surface area contributed by atoms with E-state index >= 15 is 0 Å². The van der Waals surface area contributed by atoms with Crippen molar-refractivity contribution in [1.29, 1.82) is 0 Å². The summed E-state index contributed by atoms with van der Waals surface area (Å²) in [5.41, 5.74) is 6.43. The number of urea groups is 1. The van der Waals surface area contributed by atoms with Crippen LogP contribution < -0.4 is 21.1 Å². The van der Waals surface area contributed by atoms with Gasteiger partial charge in [0.05, 0.1) is 12.7 Å². The summed E-state index contributed by atoms with van der Waals surface area (Å²) in [6.07, 6.45) is 1.76. The molecule has 0 aromatic heterocycles. The molecule has 0 fully saturated rings. The fraction of sp³-hybridized carbons (Fsp3) is 0.182. The highest BCUT2D eigenvalue weighted by molar-refractivity contribution is 5.88. The van der Waals surface area contributed by atoms with E-state index in [1.54, 1.807) is 31.5 Å². The highest BCUT2D eigenvalue weighted by Crippen LogP contribution is 2.30. The normalized spacial score (nSPS) is 13.4. The number of benzene rings is 1. The van der Waals surface area contributed by atoms with Crippen LogP contribution in [0.2, 0.25) is 0 Å². The van der Waals surface area contributed by atoms with E-state index in [1.165, 1.54) is 0 Å². The number of rotatable bonds is 3. The molecule has 0 saturated carbocycles. The van der Waals surface area contributed by atoms with Gasteiger partial charge in [-0.2, -0.15) is 0 Å². The molecule has 2 rings (SSSR count). The average Bonchev–Trinajstić information content (AvgIpc) is 2.81. The molecule has 1 aromatic carbocycles. The van der Waals surface area contributed by atoms with Crippen LogP contribution in [-0.2, 0) is 4.74 Å². The van der Waals surface area contributed by atoms with Gasteiger partial charge in [0.15, 0.2) is 6.73 Å². The van der Waals surface area contributed by atoms with Crippen molar-refractivity contribution in [2.45, 2.75) is 0 Å². The molecule has 2 amide bonds. The molecule has 0 aliphatic carbocycles. The lowest BCUT2D eigenvalue weighted by atomic mass is 10.1. The first-order chi connectivity index (χ1) is 8.20. The minimum atomic E-state index is -0.613. The first-order valence-electron chi connectivity index (χ1n) is 5.02. The Labute approximate surface area is 98.4 Å². The third kappa shape index (κ3) is 2.41. The van der Waals surface area contributed by atoms with Crippen LogP contribution >= 0.6 is 0 Å². The number of carbonyl (C=O) groups is 1. The van der Waals surface area contributed by atoms with Crippen molar-refractivity contribution in [1.82, 2.24) is 5.32 Å². The molecule has 0 spiro atoms. The lowest BCUT2D eigenvalue weighted by Crippen LogP contribution is -2.19. The maximum Gasteiger partial charge on any atom is 0.316 e. The van der Waals surface area contributed by atoms with E-state index in [0.29, 0.717) is 23.9 Å². The maximum absolute atomic E-state index is 10.7. The molecule has 1 aliphatic rings. The number of hydrogen-bond acceptors (Lipinski definition) is 4. The minimum absolute atomic E-state index is 0.444. The smallest absolute Gasteiger partial charge is 0.316 e. The van der Waals surface area contributed by atoms with E-state index in [0.717, 1.165) is 5.56 Å². The topological polar surface area (TPSA) is 85.6 Å². The van der Waals surface area contributed by atoms with Gasteiger partial charge in [-0.05, 0) is 12.1 Å². The monoisotopic (exact) mass is 235 g/mol. The van der Waals surface area contributed by atoms with E-state index < -0.39 is 6.03 Å². The zero-order chi connectivity index (χ0) is 12.3. The van der Waals surface area contributed by atoms with Gasteiger partial charge in [0.25, 0.3) is 0 Å². The Morgan fingerprint density at radius 3 is 3.00 bits per heavy atom. The Morgan fingerprint density at radius 2 is 2.41 bits per heavy atom. The Kier molecular flexibility index (Phi) is 3.04. The predicted octanol–water partition coefficient (Wildman–Crippen LogP) is 1.06. The highest BCUT2D eigenvalue weighted by atomic mass is 16.5. The van der Waals surface area contributed by atoms with Crippen molar-refractivity contribution in [2.75, 3.05) is 19.2 Å². The molecule has 17 heavy (non-hydrogen) atoms. The second kappa shape index (κ2) is 4.65. The number of nitrogens with one attached hydrogen (secondary N) is 2. The van der Waals surface area contributed by atoms with Gasteiger partial charge in [0, 0.05) is 18.0 Å². The summed E-state index contributed by atoms with van der Waals surface area (Å²) in [6, 6.07) is 4.59. The van der Waals surface area contributed by atoms with Crippen LogP contribution in [0.5, 0.6) is 5.75 Å². The summed E-state index contributed by atoms with van der Waals surface area (Å²) in [5.74, 6) is 1.30. The fourth-order valence-electron chi connectivity index (χ4n) is 1.57. The van der Waals surface area contributed by atoms with E-state index in [4.69, 9.17) is 15.2 Å². The Hall–Kier alpha value is -2.37. The molecule has 4 N–H and O–H groups in total. The van der Waals surface area contributed by atoms with Crippen LogP contribution in [0.1, 0.15) is 5.56 Å². The first-order valence-corrected chi connectivity index (χ1v) is 5.02. The maximum atomic E-state index is 10.7. The van der Waals surface area contributed by atoms with Crippen molar-refractivity contribution in [3.63, 3.8) is 0 Å². The standard InChI is InChI=1S/C11H13N3O3/c1-16-9-4-7(14-11(12)15)2-3-8(9)10-5-13-6-17-10/h2-5,13H,6H2,1H3,(H3,12,14,15). The second-order valence-electron chi connectivity index (χ2n) is 3.41. The van der Waals surface area contributed by atoms with Crippen LogP contribution in [0.15, 0.2) is 24.4 Å². The molecule has 6 nitrogen and oxygen atoms in total. The van der Waals surface area contributed by atoms with Gasteiger partial charge in [-0.1, -0.05) is 0 Å². The zero-order valence-electron chi connectivity index (χ0n) is 9.32. The molecular formula is C11H13N3O3. The number of primary amides is 1.